The lowest BCUT2D eigenvalue weighted by atomic mass is 9.84. The molecule has 3 heterocycles. The number of carbonyl (C=O) groups excluding carboxylic acids is 3. The first-order chi connectivity index (χ1) is 18.2. The van der Waals surface area contributed by atoms with E-state index in [-0.39, 0.29) is 35.2 Å². The second-order valence-corrected chi connectivity index (χ2v) is 10.5. The van der Waals surface area contributed by atoms with E-state index < -0.39 is 29.0 Å². The number of allylic oxidation sites excluding steroid dienone is 1. The van der Waals surface area contributed by atoms with Crippen molar-refractivity contribution in [3.63, 3.8) is 0 Å². The molecular formula is C29H30F2N4O3. The monoisotopic (exact) mass is 520 g/mol. The van der Waals surface area contributed by atoms with Crippen LogP contribution in [0.1, 0.15) is 68.1 Å². The van der Waals surface area contributed by atoms with Gasteiger partial charge in [0.15, 0.2) is 17.4 Å². The molecule has 7 nitrogen and oxygen atoms in total. The lowest BCUT2D eigenvalue weighted by molar-refractivity contribution is -0.126. The zero-order valence-corrected chi connectivity index (χ0v) is 21.6. The van der Waals surface area contributed by atoms with Crippen LogP contribution in [0.15, 0.2) is 42.7 Å². The van der Waals surface area contributed by atoms with Gasteiger partial charge in [0.05, 0.1) is 11.3 Å². The molecule has 1 atom stereocenters. The minimum Gasteiger partial charge on any atom is -0.355 e. The highest BCUT2D eigenvalue weighted by molar-refractivity contribution is 6.22. The molecule has 1 aromatic carbocycles. The van der Waals surface area contributed by atoms with Gasteiger partial charge < -0.3 is 15.2 Å². The number of nitrogens with one attached hydrogen (secondary N) is 2. The predicted molar refractivity (Wildman–Crippen MR) is 139 cm³/mol. The number of hydrogen-bond acceptors (Lipinski definition) is 4. The van der Waals surface area contributed by atoms with E-state index in [1.807, 2.05) is 19.9 Å². The first-order valence-electron chi connectivity index (χ1n) is 13.0. The molecule has 198 valence electrons. The van der Waals surface area contributed by atoms with Gasteiger partial charge in [0.2, 0.25) is 5.91 Å². The number of amides is 2. The second-order valence-electron chi connectivity index (χ2n) is 10.5. The highest BCUT2D eigenvalue weighted by atomic mass is 19.2. The van der Waals surface area contributed by atoms with Crippen molar-refractivity contribution < 1.29 is 23.2 Å². The summed E-state index contributed by atoms with van der Waals surface area (Å²) < 4.78 is 27.8. The normalized spacial score (nSPS) is 17.8. The summed E-state index contributed by atoms with van der Waals surface area (Å²) in [6, 6.07) is 5.59. The van der Waals surface area contributed by atoms with Gasteiger partial charge >= 0.3 is 0 Å². The van der Waals surface area contributed by atoms with E-state index in [0.29, 0.717) is 37.1 Å². The van der Waals surface area contributed by atoms with Crippen molar-refractivity contribution in [2.24, 2.45) is 5.92 Å². The maximum Gasteiger partial charge on any atom is 0.258 e. The van der Waals surface area contributed by atoms with Crippen molar-refractivity contribution in [3.8, 4) is 0 Å². The number of fused-ring (bicyclic) bond motifs is 4. The van der Waals surface area contributed by atoms with Crippen molar-refractivity contribution in [1.82, 2.24) is 20.2 Å². The van der Waals surface area contributed by atoms with E-state index in [4.69, 9.17) is 0 Å². The molecule has 1 spiro atoms. The van der Waals surface area contributed by atoms with E-state index in [9.17, 15) is 23.2 Å². The fraction of sp³-hybridized carbons (Fsp3) is 0.379. The number of carbonyl (C=O) groups is 3. The number of aromatic nitrogens is 2. The summed E-state index contributed by atoms with van der Waals surface area (Å²) in [5.41, 5.74) is 1.33. The van der Waals surface area contributed by atoms with Gasteiger partial charge in [-0.1, -0.05) is 13.8 Å². The van der Waals surface area contributed by atoms with Gasteiger partial charge in [0.1, 0.15) is 11.7 Å². The van der Waals surface area contributed by atoms with E-state index in [0.717, 1.165) is 23.1 Å². The van der Waals surface area contributed by atoms with Gasteiger partial charge in [-0.15, -0.1) is 0 Å². The maximum absolute atomic E-state index is 14.1. The van der Waals surface area contributed by atoms with Crippen molar-refractivity contribution >= 4 is 34.2 Å². The predicted octanol–water partition coefficient (Wildman–Crippen LogP) is 4.88. The summed E-state index contributed by atoms with van der Waals surface area (Å²) in [6.45, 7) is 6.17. The van der Waals surface area contributed by atoms with Crippen LogP contribution >= 0.6 is 0 Å². The average molecular weight is 521 g/mol. The molecule has 9 heteroatoms. The number of benzene rings is 1. The summed E-state index contributed by atoms with van der Waals surface area (Å²) in [6.07, 6.45) is 5.18. The Bertz CT molecular complexity index is 1470. The van der Waals surface area contributed by atoms with Crippen LogP contribution in [-0.2, 0) is 15.0 Å². The van der Waals surface area contributed by atoms with E-state index in [2.05, 4.69) is 15.3 Å². The molecular weight excluding hydrogens is 490 g/mol. The molecule has 2 aliphatic rings. The summed E-state index contributed by atoms with van der Waals surface area (Å²) in [5.74, 6) is -3.20. The van der Waals surface area contributed by atoms with Crippen LogP contribution in [0.25, 0.3) is 16.6 Å². The molecule has 2 amide bonds. The Morgan fingerprint density at radius 1 is 1.18 bits per heavy atom. The van der Waals surface area contributed by atoms with Crippen LogP contribution in [0.2, 0.25) is 0 Å². The van der Waals surface area contributed by atoms with Gasteiger partial charge in [0.25, 0.3) is 5.91 Å². The number of halogens is 2. The molecule has 1 saturated carbocycles. The summed E-state index contributed by atoms with van der Waals surface area (Å²) in [5, 5.41) is 3.63. The van der Waals surface area contributed by atoms with Crippen LogP contribution in [0.5, 0.6) is 0 Å². The fourth-order valence-corrected chi connectivity index (χ4v) is 5.45. The molecule has 0 radical (unpaired) electrons. The largest absolute Gasteiger partial charge is 0.355 e. The minimum atomic E-state index is -1.17. The van der Waals surface area contributed by atoms with Crippen LogP contribution in [0, 0.1) is 17.6 Å². The topological polar surface area (TPSA) is 95.2 Å². The first kappa shape index (κ1) is 25.8. The minimum absolute atomic E-state index is 0.115. The first-order valence-corrected chi connectivity index (χ1v) is 13.0. The van der Waals surface area contributed by atoms with Crippen molar-refractivity contribution in [2.75, 3.05) is 6.54 Å². The fourth-order valence-electron chi connectivity index (χ4n) is 5.45. The van der Waals surface area contributed by atoms with Crippen molar-refractivity contribution in [2.45, 2.75) is 57.9 Å². The lowest BCUT2D eigenvalue weighted by Crippen LogP contribution is -2.53. The van der Waals surface area contributed by atoms with Crippen LogP contribution in [0.4, 0.5) is 8.78 Å². The third-order valence-corrected chi connectivity index (χ3v) is 7.45. The SMILES string of the molecule is CCNC(=O)C1N(C(=O)c2ccc(F)c(F)c2)C=C(C(=O)CCC(C)C)c2[nH]c3ncccc3c2C12CC2. The summed E-state index contributed by atoms with van der Waals surface area (Å²) in [4.78, 5) is 50.2. The molecule has 5 rings (SSSR count). The Labute approximate surface area is 219 Å². The van der Waals surface area contributed by atoms with E-state index >= 15 is 0 Å². The number of nitrogens with zero attached hydrogens (tertiary/aromatic N) is 2. The molecule has 38 heavy (non-hydrogen) atoms. The Morgan fingerprint density at radius 2 is 1.95 bits per heavy atom. The number of Topliss-reactive ketones (excluding diaryl/α,β-unsaturated/α-hetero) is 1. The molecule has 1 aliphatic heterocycles. The molecule has 2 N–H and O–H groups in total. The Balaban J connectivity index is 1.75. The lowest BCUT2D eigenvalue weighted by Gasteiger charge is -2.33. The van der Waals surface area contributed by atoms with Gasteiger partial charge in [-0.25, -0.2) is 13.8 Å². The number of H-pyrrole nitrogens is 1. The van der Waals surface area contributed by atoms with Gasteiger partial charge in [0, 0.05) is 41.7 Å². The third kappa shape index (κ3) is 4.29. The molecule has 1 aliphatic carbocycles. The second kappa shape index (κ2) is 9.78. The average Bonchev–Trinajstić information content (AvgIpc) is 3.60. The van der Waals surface area contributed by atoms with E-state index in [1.165, 1.54) is 17.2 Å². The Kier molecular flexibility index (Phi) is 6.63. The Hall–Kier alpha value is -3.88. The molecule has 0 bridgehead atoms. The van der Waals surface area contributed by atoms with Gasteiger partial charge in [-0.2, -0.15) is 0 Å². The van der Waals surface area contributed by atoms with E-state index in [1.54, 1.807) is 19.2 Å². The summed E-state index contributed by atoms with van der Waals surface area (Å²) in [7, 11) is 0. The van der Waals surface area contributed by atoms with Crippen LogP contribution in [-0.4, -0.2) is 45.1 Å². The standard InChI is InChI=1S/C29H30F2N4O3/c1-4-32-27(37)25-29(11-12-29)23-18-6-5-13-33-26(18)34-24(23)19(22(36)10-7-16(2)3)15-35(25)28(38)17-8-9-20(30)21(31)14-17/h5-6,8-9,13-16,25H,4,7,10-12H2,1-3H3,(H,32,37)(H,33,34). The van der Waals surface area contributed by atoms with Crippen LogP contribution < -0.4 is 5.32 Å². The maximum atomic E-state index is 14.1. The van der Waals surface area contributed by atoms with Gasteiger partial charge in [-0.05, 0) is 68.0 Å². The molecule has 3 aromatic rings. The van der Waals surface area contributed by atoms with Crippen LogP contribution in [0.3, 0.4) is 0 Å². The smallest absolute Gasteiger partial charge is 0.258 e. The highest BCUT2D eigenvalue weighted by Gasteiger charge is 2.60. The number of rotatable bonds is 7. The zero-order chi connectivity index (χ0) is 27.2. The number of ketones is 1. The van der Waals surface area contributed by atoms with Crippen molar-refractivity contribution in [3.05, 3.63) is 71.2 Å². The summed E-state index contributed by atoms with van der Waals surface area (Å²) >= 11 is 0. The number of pyridine rings is 1. The number of likely N-dealkylation sites (N-methyl/N-ethyl adjacent to an activating group) is 1. The molecule has 2 aromatic heterocycles. The Morgan fingerprint density at radius 3 is 2.61 bits per heavy atom. The highest BCUT2D eigenvalue weighted by Crippen LogP contribution is 2.58. The van der Waals surface area contributed by atoms with Crippen molar-refractivity contribution in [1.29, 1.82) is 0 Å². The van der Waals surface area contributed by atoms with Gasteiger partial charge in [-0.3, -0.25) is 14.4 Å². The molecule has 0 saturated heterocycles. The third-order valence-electron chi connectivity index (χ3n) is 7.45. The number of aromatic amines is 1. The number of hydrogen-bond donors (Lipinski definition) is 2. The molecule has 1 unspecified atom stereocenters. The molecule has 1 fully saturated rings. The quantitative estimate of drug-likeness (QED) is 0.464. The zero-order valence-electron chi connectivity index (χ0n) is 21.6.